The third kappa shape index (κ3) is 3.70. The predicted octanol–water partition coefficient (Wildman–Crippen LogP) is 7.45. The standard InChI is InChI=1S/C42H24B2O2S2/c1-7-19-31-25(13-1)37-39(43-27-15-3-9-21-33(27)47-34-22-10-4-16-28(34)43)42-38(26-14-2-8-20-32(26)46-42)40(41(37)45-31)44-29-17-5-11-23-35(29)48-36-24-12-6-18-30(36)44/h1-24H. The van der Waals surface area contributed by atoms with Gasteiger partial charge in [0.15, 0.2) is 0 Å². The number of fused-ring (bicyclic) bond motifs is 10. The summed E-state index contributed by atoms with van der Waals surface area (Å²) in [5, 5.41) is 4.51. The highest BCUT2D eigenvalue weighted by Gasteiger charge is 2.41. The molecule has 2 aliphatic rings. The molecule has 0 spiro atoms. The van der Waals surface area contributed by atoms with Gasteiger partial charge >= 0.3 is 0 Å². The lowest BCUT2D eigenvalue weighted by molar-refractivity contribution is 0.667. The summed E-state index contributed by atoms with van der Waals surface area (Å²) in [6, 6.07) is 52.5. The number of rotatable bonds is 2. The Morgan fingerprint density at radius 1 is 0.354 bits per heavy atom. The Hall–Kier alpha value is -5.03. The molecule has 0 fully saturated rings. The van der Waals surface area contributed by atoms with Crippen molar-refractivity contribution in [3.8, 4) is 0 Å². The Bertz CT molecular complexity index is 2500. The molecule has 222 valence electrons. The monoisotopic (exact) mass is 646 g/mol. The van der Waals surface area contributed by atoms with Crippen LogP contribution in [-0.4, -0.2) is 13.4 Å². The van der Waals surface area contributed by atoms with Crippen molar-refractivity contribution in [2.24, 2.45) is 0 Å². The van der Waals surface area contributed by atoms with E-state index < -0.39 is 0 Å². The van der Waals surface area contributed by atoms with Crippen LogP contribution in [0.15, 0.2) is 174 Å². The second-order valence-electron chi connectivity index (χ2n) is 12.7. The lowest BCUT2D eigenvalue weighted by Crippen LogP contribution is -2.58. The van der Waals surface area contributed by atoms with E-state index in [4.69, 9.17) is 8.83 Å². The van der Waals surface area contributed by atoms with E-state index in [9.17, 15) is 0 Å². The van der Waals surface area contributed by atoms with Gasteiger partial charge in [0.05, 0.1) is 0 Å². The van der Waals surface area contributed by atoms with Crippen LogP contribution < -0.4 is 32.8 Å². The van der Waals surface area contributed by atoms with Crippen molar-refractivity contribution < 1.29 is 8.83 Å². The fraction of sp³-hybridized carbons (Fsp3) is 0. The summed E-state index contributed by atoms with van der Waals surface area (Å²) in [4.78, 5) is 5.12. The molecular formula is C42H24B2O2S2. The molecule has 2 nitrogen and oxygen atoms in total. The minimum absolute atomic E-state index is 0.0410. The van der Waals surface area contributed by atoms with Gasteiger partial charge in [0.1, 0.15) is 22.3 Å². The normalized spacial score (nSPS) is 13.6. The van der Waals surface area contributed by atoms with Gasteiger partial charge in [-0.1, -0.05) is 155 Å². The van der Waals surface area contributed by atoms with Crippen molar-refractivity contribution in [1.29, 1.82) is 0 Å². The van der Waals surface area contributed by atoms with E-state index in [1.54, 1.807) is 0 Å². The van der Waals surface area contributed by atoms with Crippen LogP contribution >= 0.6 is 23.5 Å². The molecule has 2 aromatic heterocycles. The zero-order valence-electron chi connectivity index (χ0n) is 25.6. The van der Waals surface area contributed by atoms with Crippen molar-refractivity contribution >= 4 is 114 Å². The van der Waals surface area contributed by atoms with Crippen LogP contribution in [0.5, 0.6) is 0 Å². The highest BCUT2D eigenvalue weighted by molar-refractivity contribution is 8.00. The number of para-hydroxylation sites is 2. The summed E-state index contributed by atoms with van der Waals surface area (Å²) in [7, 11) is 0. The average molecular weight is 646 g/mol. The van der Waals surface area contributed by atoms with Crippen LogP contribution in [0.4, 0.5) is 0 Å². The summed E-state index contributed by atoms with van der Waals surface area (Å²) in [5.41, 5.74) is 11.2. The lowest BCUT2D eigenvalue weighted by atomic mass is 9.33. The first-order chi connectivity index (χ1) is 23.8. The van der Waals surface area contributed by atoms with Gasteiger partial charge in [0.25, 0.3) is 0 Å². The van der Waals surface area contributed by atoms with Gasteiger partial charge in [-0.05, 0) is 47.3 Å². The molecule has 4 heterocycles. The summed E-state index contributed by atoms with van der Waals surface area (Å²) >= 11 is 3.71. The molecular weight excluding hydrogens is 622 g/mol. The minimum Gasteiger partial charge on any atom is -0.457 e. The highest BCUT2D eigenvalue weighted by Crippen LogP contribution is 2.38. The second kappa shape index (κ2) is 10.2. The van der Waals surface area contributed by atoms with Gasteiger partial charge in [-0.3, -0.25) is 0 Å². The third-order valence-electron chi connectivity index (χ3n) is 10.2. The molecule has 9 aromatic rings. The zero-order chi connectivity index (χ0) is 31.3. The smallest absolute Gasteiger partial charge is 0.250 e. The molecule has 0 amide bonds. The van der Waals surface area contributed by atoms with E-state index in [2.05, 4.69) is 146 Å². The fourth-order valence-electron chi connectivity index (χ4n) is 8.22. The average Bonchev–Trinajstić information content (AvgIpc) is 3.72. The summed E-state index contributed by atoms with van der Waals surface area (Å²) in [6.45, 7) is -0.0819. The number of benzene rings is 7. The van der Waals surface area contributed by atoms with Crippen molar-refractivity contribution in [2.75, 3.05) is 0 Å². The number of furan rings is 2. The van der Waals surface area contributed by atoms with E-state index in [0.717, 1.165) is 43.9 Å². The van der Waals surface area contributed by atoms with Crippen molar-refractivity contribution in [2.45, 2.75) is 19.6 Å². The first-order valence-electron chi connectivity index (χ1n) is 16.3. The van der Waals surface area contributed by atoms with E-state index in [1.165, 1.54) is 52.4 Å². The van der Waals surface area contributed by atoms with Gasteiger partial charge in [-0.2, -0.15) is 0 Å². The predicted molar refractivity (Wildman–Crippen MR) is 204 cm³/mol. The SMILES string of the molecule is c1ccc2c(c1)Sc1ccccc1B2c1c2oc3ccccc3c2c(B2c3ccccc3Sc3ccccc32)c2oc3ccccc3c12. The first-order valence-corrected chi connectivity index (χ1v) is 18.0. The van der Waals surface area contributed by atoms with Crippen molar-refractivity contribution in [3.63, 3.8) is 0 Å². The third-order valence-corrected chi connectivity index (χ3v) is 12.5. The Balaban J connectivity index is 1.38. The van der Waals surface area contributed by atoms with Crippen LogP contribution in [0.25, 0.3) is 43.9 Å². The highest BCUT2D eigenvalue weighted by atomic mass is 32.2. The maximum Gasteiger partial charge on any atom is 0.250 e. The van der Waals surface area contributed by atoms with E-state index >= 15 is 0 Å². The summed E-state index contributed by atoms with van der Waals surface area (Å²) in [6.07, 6.45) is 0. The van der Waals surface area contributed by atoms with Crippen LogP contribution in [-0.2, 0) is 0 Å². The van der Waals surface area contributed by atoms with E-state index in [1.807, 2.05) is 23.5 Å². The second-order valence-corrected chi connectivity index (χ2v) is 14.8. The van der Waals surface area contributed by atoms with Crippen LogP contribution in [0.2, 0.25) is 0 Å². The van der Waals surface area contributed by atoms with Gasteiger partial charge in [0, 0.05) is 41.1 Å². The van der Waals surface area contributed by atoms with Gasteiger partial charge in [0.2, 0.25) is 13.4 Å². The maximum atomic E-state index is 7.15. The molecule has 0 radical (unpaired) electrons. The Labute approximate surface area is 286 Å². The Morgan fingerprint density at radius 3 is 1.04 bits per heavy atom. The van der Waals surface area contributed by atoms with Gasteiger partial charge in [-0.15, -0.1) is 0 Å². The molecule has 0 saturated carbocycles. The Morgan fingerprint density at radius 2 is 0.667 bits per heavy atom. The van der Waals surface area contributed by atoms with Gasteiger partial charge < -0.3 is 8.83 Å². The van der Waals surface area contributed by atoms with Crippen LogP contribution in [0.1, 0.15) is 0 Å². The van der Waals surface area contributed by atoms with E-state index in [-0.39, 0.29) is 13.4 Å². The summed E-state index contributed by atoms with van der Waals surface area (Å²) in [5.74, 6) is 0. The molecule has 0 atom stereocenters. The quantitative estimate of drug-likeness (QED) is 0.183. The molecule has 6 heteroatoms. The molecule has 11 rings (SSSR count). The molecule has 2 aliphatic heterocycles. The maximum absolute atomic E-state index is 7.15. The Kier molecular flexibility index (Phi) is 5.75. The molecule has 0 aliphatic carbocycles. The van der Waals surface area contributed by atoms with Crippen LogP contribution in [0.3, 0.4) is 0 Å². The zero-order valence-corrected chi connectivity index (χ0v) is 27.3. The molecule has 0 bridgehead atoms. The molecule has 0 saturated heterocycles. The lowest BCUT2D eigenvalue weighted by Gasteiger charge is -2.29. The molecule has 0 unspecified atom stereocenters. The topological polar surface area (TPSA) is 26.3 Å². The molecule has 0 N–H and O–H groups in total. The summed E-state index contributed by atoms with van der Waals surface area (Å²) < 4.78 is 14.3. The molecule has 48 heavy (non-hydrogen) atoms. The fourth-order valence-corrected chi connectivity index (χ4v) is 10.5. The first kappa shape index (κ1) is 27.0. The van der Waals surface area contributed by atoms with Crippen LogP contribution in [0, 0.1) is 0 Å². The number of hydrogen-bond donors (Lipinski definition) is 0. The number of hydrogen-bond acceptors (Lipinski definition) is 4. The largest absolute Gasteiger partial charge is 0.457 e. The van der Waals surface area contributed by atoms with Gasteiger partial charge in [-0.25, -0.2) is 0 Å². The van der Waals surface area contributed by atoms with Crippen molar-refractivity contribution in [1.82, 2.24) is 0 Å². The van der Waals surface area contributed by atoms with E-state index in [0.29, 0.717) is 0 Å². The molecule has 7 aromatic carbocycles. The van der Waals surface area contributed by atoms with Crippen molar-refractivity contribution in [3.05, 3.63) is 146 Å². The minimum atomic E-state index is -0.0410.